The Kier molecular flexibility index (Phi) is 6.18. The lowest BCUT2D eigenvalue weighted by atomic mass is 10.2. The molecule has 1 aromatic rings. The molecule has 0 aliphatic rings. The lowest BCUT2D eigenvalue weighted by Crippen LogP contribution is -2.19. The van der Waals surface area contributed by atoms with Gasteiger partial charge in [-0.15, -0.1) is 0 Å². The van der Waals surface area contributed by atoms with Gasteiger partial charge in [-0.25, -0.2) is 0 Å². The van der Waals surface area contributed by atoms with Gasteiger partial charge in [-0.3, -0.25) is 4.79 Å². The summed E-state index contributed by atoms with van der Waals surface area (Å²) in [7, 11) is 1.59. The fourth-order valence-corrected chi connectivity index (χ4v) is 1.92. The fraction of sp³-hybridized carbons (Fsp3) is 0.417. The summed E-state index contributed by atoms with van der Waals surface area (Å²) in [6.45, 7) is 2.91. The van der Waals surface area contributed by atoms with Gasteiger partial charge in [-0.05, 0) is 30.7 Å². The summed E-state index contributed by atoms with van der Waals surface area (Å²) in [6, 6.07) is 5.72. The number of methoxy groups -OCH3 is 1. The van der Waals surface area contributed by atoms with Crippen LogP contribution in [0.5, 0.6) is 0 Å². The van der Waals surface area contributed by atoms with Crippen LogP contribution >= 0.6 is 15.9 Å². The fourth-order valence-electron chi connectivity index (χ4n) is 1.31. The highest BCUT2D eigenvalue weighted by atomic mass is 79.9. The second-order valence-electron chi connectivity index (χ2n) is 3.61. The lowest BCUT2D eigenvalue weighted by molar-refractivity contribution is -0.121. The normalized spacial score (nSPS) is 10.3. The molecule has 1 aromatic carbocycles. The number of aryl methyl sites for hydroxylation is 1. The van der Waals surface area contributed by atoms with Crippen molar-refractivity contribution in [3.05, 3.63) is 28.2 Å². The summed E-state index contributed by atoms with van der Waals surface area (Å²) in [5.74, 6) is -0.168. The number of hydrogen-bond donors (Lipinski definition) is 1. The van der Waals surface area contributed by atoms with Crippen molar-refractivity contribution in [2.24, 2.45) is 0 Å². The van der Waals surface area contributed by atoms with Crippen LogP contribution < -0.4 is 5.32 Å². The first-order valence-corrected chi connectivity index (χ1v) is 6.05. The van der Waals surface area contributed by atoms with Gasteiger partial charge in [0.05, 0.1) is 13.2 Å². The Bertz CT molecular complexity index is 362. The zero-order chi connectivity index (χ0) is 12.7. The number of hydrogen-bond acceptors (Lipinski definition) is 3. The number of benzene rings is 1. The molecule has 4 nitrogen and oxygen atoms in total. The molecule has 1 N–H and O–H groups in total. The number of nitrogens with one attached hydrogen (secondary N) is 1. The second-order valence-corrected chi connectivity index (χ2v) is 4.53. The van der Waals surface area contributed by atoms with E-state index in [-0.39, 0.29) is 12.5 Å². The Labute approximate surface area is 109 Å². The first-order valence-electron chi connectivity index (χ1n) is 5.25. The molecule has 0 radical (unpaired) electrons. The Morgan fingerprint density at radius 2 is 2.12 bits per heavy atom. The molecule has 1 rings (SSSR count). The average Bonchev–Trinajstić information content (AvgIpc) is 2.23. The molecular weight excluding hydrogens is 286 g/mol. The Morgan fingerprint density at radius 1 is 1.35 bits per heavy atom. The number of ether oxygens (including phenoxy) is 2. The molecule has 1 amide bonds. The molecule has 0 fully saturated rings. The van der Waals surface area contributed by atoms with Crippen molar-refractivity contribution in [3.63, 3.8) is 0 Å². The number of anilines is 1. The minimum Gasteiger partial charge on any atom is -0.382 e. The van der Waals surface area contributed by atoms with Crippen LogP contribution in [0.25, 0.3) is 0 Å². The van der Waals surface area contributed by atoms with E-state index >= 15 is 0 Å². The molecule has 0 aliphatic heterocycles. The van der Waals surface area contributed by atoms with E-state index in [1.807, 2.05) is 25.1 Å². The monoisotopic (exact) mass is 301 g/mol. The van der Waals surface area contributed by atoms with Gasteiger partial charge in [0.25, 0.3) is 0 Å². The van der Waals surface area contributed by atoms with Crippen molar-refractivity contribution in [2.45, 2.75) is 6.92 Å². The molecule has 0 aliphatic carbocycles. The summed E-state index contributed by atoms with van der Waals surface area (Å²) in [6.07, 6.45) is 0. The SMILES string of the molecule is COCCOCC(=O)Nc1cc(C)cc(Br)c1. The highest BCUT2D eigenvalue weighted by Gasteiger charge is 2.03. The van der Waals surface area contributed by atoms with E-state index in [9.17, 15) is 4.79 Å². The summed E-state index contributed by atoms with van der Waals surface area (Å²) in [4.78, 5) is 11.5. The predicted molar refractivity (Wildman–Crippen MR) is 70.2 cm³/mol. The van der Waals surface area contributed by atoms with Crippen LogP contribution in [0.2, 0.25) is 0 Å². The maximum Gasteiger partial charge on any atom is 0.250 e. The smallest absolute Gasteiger partial charge is 0.250 e. The van der Waals surface area contributed by atoms with Gasteiger partial charge >= 0.3 is 0 Å². The van der Waals surface area contributed by atoms with Gasteiger partial charge in [-0.2, -0.15) is 0 Å². The van der Waals surface area contributed by atoms with Crippen LogP contribution in [0.3, 0.4) is 0 Å². The predicted octanol–water partition coefficient (Wildman–Crippen LogP) is 2.36. The van der Waals surface area contributed by atoms with Crippen molar-refractivity contribution < 1.29 is 14.3 Å². The Morgan fingerprint density at radius 3 is 2.76 bits per heavy atom. The Hall–Kier alpha value is -0.910. The average molecular weight is 302 g/mol. The third-order valence-electron chi connectivity index (χ3n) is 1.99. The second kappa shape index (κ2) is 7.42. The van der Waals surface area contributed by atoms with Crippen LogP contribution in [0.1, 0.15) is 5.56 Å². The maximum atomic E-state index is 11.5. The van der Waals surface area contributed by atoms with Crippen molar-refractivity contribution in [1.82, 2.24) is 0 Å². The highest BCUT2D eigenvalue weighted by molar-refractivity contribution is 9.10. The minimum atomic E-state index is -0.168. The van der Waals surface area contributed by atoms with Crippen molar-refractivity contribution in [1.29, 1.82) is 0 Å². The van der Waals surface area contributed by atoms with E-state index in [1.165, 1.54) is 0 Å². The van der Waals surface area contributed by atoms with Crippen LogP contribution in [0.4, 0.5) is 5.69 Å². The van der Waals surface area contributed by atoms with Crippen LogP contribution in [-0.4, -0.2) is 32.8 Å². The summed E-state index contributed by atoms with van der Waals surface area (Å²) in [5.41, 5.74) is 1.84. The molecule has 0 heterocycles. The third kappa shape index (κ3) is 5.81. The molecule has 94 valence electrons. The molecule has 0 aromatic heterocycles. The molecule has 17 heavy (non-hydrogen) atoms. The molecule has 5 heteroatoms. The van der Waals surface area contributed by atoms with Crippen LogP contribution in [0.15, 0.2) is 22.7 Å². The van der Waals surface area contributed by atoms with Gasteiger partial charge < -0.3 is 14.8 Å². The highest BCUT2D eigenvalue weighted by Crippen LogP contribution is 2.18. The van der Waals surface area contributed by atoms with Gasteiger partial charge in [0, 0.05) is 17.3 Å². The zero-order valence-corrected chi connectivity index (χ0v) is 11.5. The van der Waals surface area contributed by atoms with E-state index in [0.29, 0.717) is 13.2 Å². The minimum absolute atomic E-state index is 0.0366. The summed E-state index contributed by atoms with van der Waals surface area (Å²) >= 11 is 3.38. The molecular formula is C12H16BrNO3. The van der Waals surface area contributed by atoms with Gasteiger partial charge in [0.15, 0.2) is 0 Å². The topological polar surface area (TPSA) is 47.6 Å². The number of carbonyl (C=O) groups is 1. The Balaban J connectivity index is 2.39. The van der Waals surface area contributed by atoms with E-state index in [4.69, 9.17) is 9.47 Å². The maximum absolute atomic E-state index is 11.5. The quantitative estimate of drug-likeness (QED) is 0.821. The molecule has 0 atom stereocenters. The zero-order valence-electron chi connectivity index (χ0n) is 9.96. The van der Waals surface area contributed by atoms with Crippen molar-refractivity contribution in [2.75, 3.05) is 32.2 Å². The third-order valence-corrected chi connectivity index (χ3v) is 2.45. The number of amides is 1. The first kappa shape index (κ1) is 14.2. The van der Waals surface area contributed by atoms with E-state index in [2.05, 4.69) is 21.2 Å². The lowest BCUT2D eigenvalue weighted by Gasteiger charge is -2.07. The van der Waals surface area contributed by atoms with E-state index < -0.39 is 0 Å². The van der Waals surface area contributed by atoms with Crippen LogP contribution in [-0.2, 0) is 14.3 Å². The molecule has 0 spiro atoms. The summed E-state index contributed by atoms with van der Waals surface area (Å²) in [5, 5.41) is 2.77. The first-order chi connectivity index (χ1) is 8.11. The number of halogens is 1. The van der Waals surface area contributed by atoms with Gasteiger partial charge in [0.2, 0.25) is 5.91 Å². The molecule has 0 unspecified atom stereocenters. The molecule has 0 saturated carbocycles. The van der Waals surface area contributed by atoms with E-state index in [0.717, 1.165) is 15.7 Å². The molecule has 0 bridgehead atoms. The molecule has 0 saturated heterocycles. The number of carbonyl (C=O) groups excluding carboxylic acids is 1. The van der Waals surface area contributed by atoms with Crippen molar-refractivity contribution >= 4 is 27.5 Å². The summed E-state index contributed by atoms with van der Waals surface area (Å²) < 4.78 is 10.9. The number of rotatable bonds is 6. The van der Waals surface area contributed by atoms with Crippen molar-refractivity contribution in [3.8, 4) is 0 Å². The van der Waals surface area contributed by atoms with Gasteiger partial charge in [-0.1, -0.05) is 15.9 Å². The van der Waals surface area contributed by atoms with E-state index in [1.54, 1.807) is 7.11 Å². The van der Waals surface area contributed by atoms with Gasteiger partial charge in [0.1, 0.15) is 6.61 Å². The largest absolute Gasteiger partial charge is 0.382 e. The standard InChI is InChI=1S/C12H16BrNO3/c1-9-5-10(13)7-11(6-9)14-12(15)8-17-4-3-16-2/h5-7H,3-4,8H2,1-2H3,(H,14,15). The van der Waals surface area contributed by atoms with Crippen LogP contribution in [0, 0.1) is 6.92 Å².